The van der Waals surface area contributed by atoms with Crippen molar-refractivity contribution in [1.82, 2.24) is 4.57 Å². The first-order valence-electron chi connectivity index (χ1n) is 19.1. The van der Waals surface area contributed by atoms with Crippen molar-refractivity contribution in [3.63, 3.8) is 0 Å². The molecule has 0 saturated heterocycles. The molecule has 0 aliphatic carbocycles. The van der Waals surface area contributed by atoms with Crippen LogP contribution in [0.25, 0.3) is 82.1 Å². The van der Waals surface area contributed by atoms with Gasteiger partial charge >= 0.3 is 0 Å². The lowest BCUT2D eigenvalue weighted by Crippen LogP contribution is -2.11. The molecule has 0 atom stereocenters. The monoisotopic (exact) mass is 710 g/mol. The Morgan fingerprint density at radius 3 is 1.84 bits per heavy atom. The second-order valence-corrected chi connectivity index (χ2v) is 14.4. The van der Waals surface area contributed by atoms with E-state index >= 15 is 0 Å². The van der Waals surface area contributed by atoms with E-state index < -0.39 is 0 Å². The summed E-state index contributed by atoms with van der Waals surface area (Å²) in [6, 6.07) is 81.0. The Balaban J connectivity index is 1.01. The number of nitrogens with zero attached hydrogens (tertiary/aromatic N) is 2. The molecule has 0 saturated carbocycles. The van der Waals surface area contributed by atoms with Crippen LogP contribution in [0.4, 0.5) is 17.1 Å². The van der Waals surface area contributed by atoms with Crippen LogP contribution in [0.2, 0.25) is 0 Å². The molecule has 0 spiro atoms. The van der Waals surface area contributed by atoms with E-state index in [1.54, 1.807) is 0 Å². The third kappa shape index (κ3) is 5.22. The van der Waals surface area contributed by atoms with Gasteiger partial charge in [-0.1, -0.05) is 158 Å². The number of hydrogen-bond donors (Lipinski definition) is 0. The highest BCUT2D eigenvalue weighted by Crippen LogP contribution is 2.43. The Bertz CT molecular complexity index is 3180. The number of hydrogen-bond acceptors (Lipinski definition) is 1. The van der Waals surface area contributed by atoms with Gasteiger partial charge in [-0.25, -0.2) is 0 Å². The van der Waals surface area contributed by atoms with Gasteiger partial charge in [0.2, 0.25) is 0 Å². The van der Waals surface area contributed by atoms with Gasteiger partial charge in [0.1, 0.15) is 0 Å². The van der Waals surface area contributed by atoms with Crippen molar-refractivity contribution < 1.29 is 0 Å². The van der Waals surface area contributed by atoms with E-state index in [0.29, 0.717) is 0 Å². The molecule has 0 N–H and O–H groups in total. The molecule has 0 unspecified atom stereocenters. The first-order chi connectivity index (χ1) is 27.8. The third-order valence-electron chi connectivity index (χ3n) is 11.2. The van der Waals surface area contributed by atoms with Gasteiger partial charge in [0.15, 0.2) is 0 Å². The standard InChI is InChI=1S/C54H34N2/c1-2-12-39(13-3-1)47-16-6-9-19-52(47)55(44-32-35-46-41(36-44)27-34-48-45-15-5-4-14-40(45)26-33-49(46)48)42-28-22-37(23-29-42)38-24-30-43(31-25-38)56-53-20-10-7-17-50(53)51-18-8-11-21-54(51)56/h1-7,9-17,19-36H. The minimum absolute atomic E-state index is 1.09. The maximum absolute atomic E-state index is 3.34. The third-order valence-corrected chi connectivity index (χ3v) is 11.2. The van der Waals surface area contributed by atoms with Gasteiger partial charge in [0.05, 0.1) is 22.1 Å². The van der Waals surface area contributed by atoms with Crippen molar-refractivity contribution in [2.75, 3.05) is 4.90 Å². The molecule has 1 aromatic heterocycles. The van der Waals surface area contributed by atoms with Crippen LogP contribution in [0.15, 0.2) is 206 Å². The highest BCUT2D eigenvalue weighted by Gasteiger charge is 2.19. The molecule has 11 aromatic rings. The van der Waals surface area contributed by atoms with Crippen LogP contribution in [0.5, 0.6) is 0 Å². The first-order valence-corrected chi connectivity index (χ1v) is 19.1. The Morgan fingerprint density at radius 2 is 1.02 bits per heavy atom. The molecule has 11 rings (SSSR count). The largest absolute Gasteiger partial charge is 0.310 e. The molecule has 0 bridgehead atoms. The lowest BCUT2D eigenvalue weighted by Gasteiger charge is -2.28. The molecule has 10 aromatic carbocycles. The van der Waals surface area contributed by atoms with E-state index in [-0.39, 0.29) is 0 Å². The molecule has 1 heterocycles. The van der Waals surface area contributed by atoms with E-state index in [9.17, 15) is 0 Å². The summed E-state index contributed by atoms with van der Waals surface area (Å²) >= 11 is 0. The summed E-state index contributed by atoms with van der Waals surface area (Å²) in [4.78, 5) is 2.40. The van der Waals surface area contributed by atoms with Gasteiger partial charge in [0, 0.05) is 28.0 Å². The highest BCUT2D eigenvalue weighted by molar-refractivity contribution is 6.17. The molecule has 2 nitrogen and oxygen atoms in total. The minimum Gasteiger partial charge on any atom is -0.310 e. The van der Waals surface area contributed by atoms with Crippen LogP contribution in [0.3, 0.4) is 0 Å². The van der Waals surface area contributed by atoms with Gasteiger partial charge in [-0.2, -0.15) is 0 Å². The Kier molecular flexibility index (Phi) is 7.44. The predicted molar refractivity (Wildman–Crippen MR) is 237 cm³/mol. The Labute approximate surface area is 325 Å². The number of fused-ring (bicyclic) bond motifs is 8. The van der Waals surface area contributed by atoms with Crippen LogP contribution >= 0.6 is 0 Å². The number of aromatic nitrogens is 1. The maximum atomic E-state index is 3.34. The predicted octanol–water partition coefficient (Wildman–Crippen LogP) is 14.6. The van der Waals surface area contributed by atoms with Gasteiger partial charge in [-0.15, -0.1) is 0 Å². The Morgan fingerprint density at radius 1 is 0.393 bits per heavy atom. The summed E-state index contributed by atoms with van der Waals surface area (Å²) in [5.41, 5.74) is 11.5. The molecule has 0 radical (unpaired) electrons. The molecule has 0 aliphatic heterocycles. The second-order valence-electron chi connectivity index (χ2n) is 14.4. The number of para-hydroxylation sites is 2. The number of anilines is 3. The summed E-state index contributed by atoms with van der Waals surface area (Å²) in [6.45, 7) is 0. The number of rotatable bonds is 6. The van der Waals surface area contributed by atoms with Crippen molar-refractivity contribution >= 4 is 71.2 Å². The fourth-order valence-electron chi connectivity index (χ4n) is 8.58. The maximum Gasteiger partial charge on any atom is 0.0631 e. The topological polar surface area (TPSA) is 8.17 Å². The van der Waals surface area contributed by atoms with Crippen molar-refractivity contribution in [2.24, 2.45) is 0 Å². The summed E-state index contributed by atoms with van der Waals surface area (Å²) in [7, 11) is 0. The summed E-state index contributed by atoms with van der Waals surface area (Å²) < 4.78 is 2.32. The summed E-state index contributed by atoms with van der Waals surface area (Å²) in [6.07, 6.45) is 0. The van der Waals surface area contributed by atoms with E-state index in [0.717, 1.165) is 33.7 Å². The summed E-state index contributed by atoms with van der Waals surface area (Å²) in [5, 5.41) is 9.85. The van der Waals surface area contributed by atoms with E-state index in [4.69, 9.17) is 0 Å². The molecule has 0 amide bonds. The summed E-state index contributed by atoms with van der Waals surface area (Å²) in [5.74, 6) is 0. The fraction of sp³-hybridized carbons (Fsp3) is 0. The lowest BCUT2D eigenvalue weighted by atomic mass is 9.96. The van der Waals surface area contributed by atoms with Crippen molar-refractivity contribution in [2.45, 2.75) is 0 Å². The molecular formula is C54H34N2. The van der Waals surface area contributed by atoms with Crippen LogP contribution in [-0.2, 0) is 0 Å². The van der Waals surface area contributed by atoms with Crippen LogP contribution in [-0.4, -0.2) is 4.57 Å². The zero-order valence-corrected chi connectivity index (χ0v) is 30.5. The van der Waals surface area contributed by atoms with Crippen LogP contribution in [0.1, 0.15) is 0 Å². The molecule has 0 fully saturated rings. The average molecular weight is 711 g/mol. The fourth-order valence-corrected chi connectivity index (χ4v) is 8.58. The first kappa shape index (κ1) is 31.9. The molecule has 260 valence electrons. The molecule has 56 heavy (non-hydrogen) atoms. The van der Waals surface area contributed by atoms with E-state index in [2.05, 4.69) is 222 Å². The smallest absolute Gasteiger partial charge is 0.0631 e. The Hall–Kier alpha value is -7.60. The SMILES string of the molecule is c1ccc2c(c#1)c1ccccc1n2-c1ccc(-c2ccc(N(c3ccc4c(ccc5c6ccccc6ccc45)c3)c3ccccc3-c3ccccc3)cc2)cc1. The van der Waals surface area contributed by atoms with Gasteiger partial charge < -0.3 is 9.47 Å². The quantitative estimate of drug-likeness (QED) is 0.156. The van der Waals surface area contributed by atoms with Crippen molar-refractivity contribution in [3.05, 3.63) is 218 Å². The van der Waals surface area contributed by atoms with Crippen LogP contribution < -0.4 is 4.90 Å². The molecule has 2 heteroatoms. The van der Waals surface area contributed by atoms with Gasteiger partial charge in [-0.05, 0) is 110 Å². The molecule has 0 aliphatic rings. The number of benzene rings is 9. The second kappa shape index (κ2) is 13.1. The van der Waals surface area contributed by atoms with Gasteiger partial charge in [-0.3, -0.25) is 0 Å². The lowest BCUT2D eigenvalue weighted by molar-refractivity contribution is 1.18. The zero-order valence-electron chi connectivity index (χ0n) is 30.5. The zero-order chi connectivity index (χ0) is 37.0. The van der Waals surface area contributed by atoms with Crippen LogP contribution in [0, 0.1) is 12.1 Å². The van der Waals surface area contributed by atoms with Crippen molar-refractivity contribution in [1.29, 1.82) is 0 Å². The minimum atomic E-state index is 1.09. The van der Waals surface area contributed by atoms with E-state index in [1.165, 1.54) is 65.5 Å². The highest BCUT2D eigenvalue weighted by atomic mass is 15.1. The van der Waals surface area contributed by atoms with E-state index in [1.807, 2.05) is 6.07 Å². The average Bonchev–Trinajstić information content (AvgIpc) is 3.61. The molecular weight excluding hydrogens is 677 g/mol. The van der Waals surface area contributed by atoms with Gasteiger partial charge in [0.25, 0.3) is 0 Å². The normalized spacial score (nSPS) is 11.4. The van der Waals surface area contributed by atoms with Crippen molar-refractivity contribution in [3.8, 4) is 27.9 Å².